The van der Waals surface area contributed by atoms with Crippen LogP contribution in [-0.4, -0.2) is 73.9 Å². The molecule has 0 radical (unpaired) electrons. The van der Waals surface area contributed by atoms with Gasteiger partial charge < -0.3 is 14.4 Å². The van der Waals surface area contributed by atoms with Gasteiger partial charge in [0, 0.05) is 39.3 Å². The Labute approximate surface area is 115 Å². The van der Waals surface area contributed by atoms with Gasteiger partial charge in [0.05, 0.1) is 12.2 Å². The fraction of sp³-hybridized carbons (Fsp3) is 0.929. The molecule has 2 aliphatic rings. The molecule has 5 heteroatoms. The molecule has 0 spiro atoms. The number of hydrogen-bond donors (Lipinski definition) is 0. The van der Waals surface area contributed by atoms with Crippen molar-refractivity contribution in [1.82, 2.24) is 9.80 Å². The maximum Gasteiger partial charge on any atom is 0.248 e. The highest BCUT2D eigenvalue weighted by Gasteiger charge is 2.24. The topological polar surface area (TPSA) is 42.0 Å². The van der Waals surface area contributed by atoms with Crippen molar-refractivity contribution < 1.29 is 14.3 Å². The minimum atomic E-state index is 0.116. The molecular formula is C14H26N2O3. The molecule has 0 aromatic rings. The molecule has 0 saturated carbocycles. The van der Waals surface area contributed by atoms with Gasteiger partial charge in [-0.3, -0.25) is 9.69 Å². The van der Waals surface area contributed by atoms with Crippen LogP contribution in [0.25, 0.3) is 0 Å². The lowest BCUT2D eigenvalue weighted by atomic mass is 10.2. The van der Waals surface area contributed by atoms with Crippen molar-refractivity contribution in [3.05, 3.63) is 0 Å². The fourth-order valence-corrected chi connectivity index (χ4v) is 2.59. The van der Waals surface area contributed by atoms with Crippen molar-refractivity contribution in [1.29, 1.82) is 0 Å². The van der Waals surface area contributed by atoms with Gasteiger partial charge in [0.2, 0.25) is 5.91 Å². The SMILES string of the molecule is CC(C)OCC(=O)N1CCN(CC2CCCO2)CC1. The van der Waals surface area contributed by atoms with Crippen LogP contribution in [0.1, 0.15) is 26.7 Å². The zero-order chi connectivity index (χ0) is 13.7. The molecule has 2 rings (SSSR count). The molecule has 2 fully saturated rings. The van der Waals surface area contributed by atoms with E-state index in [9.17, 15) is 4.79 Å². The number of hydrogen-bond acceptors (Lipinski definition) is 4. The van der Waals surface area contributed by atoms with Crippen LogP contribution in [-0.2, 0) is 14.3 Å². The van der Waals surface area contributed by atoms with Crippen molar-refractivity contribution in [2.75, 3.05) is 45.9 Å². The van der Waals surface area contributed by atoms with E-state index in [4.69, 9.17) is 9.47 Å². The van der Waals surface area contributed by atoms with Gasteiger partial charge in [-0.25, -0.2) is 0 Å². The highest BCUT2D eigenvalue weighted by atomic mass is 16.5. The first-order valence-corrected chi connectivity index (χ1v) is 7.38. The predicted octanol–water partition coefficient (Wildman–Crippen LogP) is 0.735. The molecule has 19 heavy (non-hydrogen) atoms. The van der Waals surface area contributed by atoms with E-state index in [1.54, 1.807) is 0 Å². The van der Waals surface area contributed by atoms with Crippen LogP contribution in [0.3, 0.4) is 0 Å². The largest absolute Gasteiger partial charge is 0.377 e. The van der Waals surface area contributed by atoms with Crippen molar-refractivity contribution in [3.8, 4) is 0 Å². The van der Waals surface area contributed by atoms with Crippen molar-refractivity contribution in [2.24, 2.45) is 0 Å². The average Bonchev–Trinajstić information content (AvgIpc) is 2.89. The Morgan fingerprint density at radius 1 is 1.32 bits per heavy atom. The summed E-state index contributed by atoms with van der Waals surface area (Å²) in [7, 11) is 0. The smallest absolute Gasteiger partial charge is 0.248 e. The second-order valence-corrected chi connectivity index (χ2v) is 5.68. The van der Waals surface area contributed by atoms with E-state index in [1.165, 1.54) is 12.8 Å². The minimum absolute atomic E-state index is 0.116. The second kappa shape index (κ2) is 7.22. The van der Waals surface area contributed by atoms with Gasteiger partial charge in [-0.15, -0.1) is 0 Å². The molecule has 2 heterocycles. The Morgan fingerprint density at radius 3 is 2.63 bits per heavy atom. The Kier molecular flexibility index (Phi) is 5.60. The molecule has 110 valence electrons. The third-order valence-electron chi connectivity index (χ3n) is 3.75. The van der Waals surface area contributed by atoms with Crippen LogP contribution in [0.5, 0.6) is 0 Å². The molecular weight excluding hydrogens is 244 g/mol. The molecule has 5 nitrogen and oxygen atoms in total. The van der Waals surface area contributed by atoms with E-state index in [-0.39, 0.29) is 18.6 Å². The van der Waals surface area contributed by atoms with E-state index in [0.29, 0.717) is 6.10 Å². The number of amides is 1. The minimum Gasteiger partial charge on any atom is -0.377 e. The van der Waals surface area contributed by atoms with Crippen LogP contribution >= 0.6 is 0 Å². The molecule has 2 saturated heterocycles. The van der Waals surface area contributed by atoms with Crippen molar-refractivity contribution in [3.63, 3.8) is 0 Å². The van der Waals surface area contributed by atoms with Crippen LogP contribution in [0.2, 0.25) is 0 Å². The lowest BCUT2D eigenvalue weighted by molar-refractivity contribution is -0.139. The quantitative estimate of drug-likeness (QED) is 0.739. The summed E-state index contributed by atoms with van der Waals surface area (Å²) < 4.78 is 11.0. The zero-order valence-electron chi connectivity index (χ0n) is 12.1. The normalized spacial score (nSPS) is 25.2. The Hall–Kier alpha value is -0.650. The summed E-state index contributed by atoms with van der Waals surface area (Å²) in [4.78, 5) is 16.2. The van der Waals surface area contributed by atoms with E-state index >= 15 is 0 Å². The number of carbonyl (C=O) groups excluding carboxylic acids is 1. The predicted molar refractivity (Wildman–Crippen MR) is 73.1 cm³/mol. The average molecular weight is 270 g/mol. The van der Waals surface area contributed by atoms with E-state index in [1.807, 2.05) is 18.7 Å². The van der Waals surface area contributed by atoms with Gasteiger partial charge in [0.1, 0.15) is 6.61 Å². The molecule has 0 bridgehead atoms. The lowest BCUT2D eigenvalue weighted by Gasteiger charge is -2.35. The molecule has 0 N–H and O–H groups in total. The Balaban J connectivity index is 1.65. The summed E-state index contributed by atoms with van der Waals surface area (Å²) in [6.45, 7) is 9.57. The summed E-state index contributed by atoms with van der Waals surface area (Å²) in [6.07, 6.45) is 2.90. The van der Waals surface area contributed by atoms with Crippen LogP contribution in [0.4, 0.5) is 0 Å². The number of nitrogens with zero attached hydrogens (tertiary/aromatic N) is 2. The van der Waals surface area contributed by atoms with Crippen LogP contribution in [0.15, 0.2) is 0 Å². The monoisotopic (exact) mass is 270 g/mol. The van der Waals surface area contributed by atoms with E-state index in [0.717, 1.165) is 39.3 Å². The summed E-state index contributed by atoms with van der Waals surface area (Å²) in [5, 5.41) is 0. The van der Waals surface area contributed by atoms with Gasteiger partial charge in [0.25, 0.3) is 0 Å². The Morgan fingerprint density at radius 2 is 2.05 bits per heavy atom. The van der Waals surface area contributed by atoms with Gasteiger partial charge in [-0.1, -0.05) is 0 Å². The fourth-order valence-electron chi connectivity index (χ4n) is 2.59. The summed E-state index contributed by atoms with van der Waals surface area (Å²) in [5.41, 5.74) is 0. The second-order valence-electron chi connectivity index (χ2n) is 5.68. The molecule has 1 atom stereocenters. The molecule has 0 aromatic carbocycles. The van der Waals surface area contributed by atoms with Crippen LogP contribution in [0, 0.1) is 0 Å². The molecule has 1 amide bonds. The molecule has 0 aromatic heterocycles. The number of rotatable bonds is 5. The van der Waals surface area contributed by atoms with Gasteiger partial charge in [-0.2, -0.15) is 0 Å². The molecule has 0 aliphatic carbocycles. The molecule has 1 unspecified atom stereocenters. The summed E-state index contributed by atoms with van der Waals surface area (Å²) in [6, 6.07) is 0. The first-order valence-electron chi connectivity index (χ1n) is 7.38. The number of piperazine rings is 1. The first-order chi connectivity index (χ1) is 9.15. The maximum absolute atomic E-state index is 11.9. The summed E-state index contributed by atoms with van der Waals surface area (Å²) >= 11 is 0. The van der Waals surface area contributed by atoms with Gasteiger partial charge in [-0.05, 0) is 26.7 Å². The van der Waals surface area contributed by atoms with Crippen molar-refractivity contribution >= 4 is 5.91 Å². The van der Waals surface area contributed by atoms with Gasteiger partial charge in [0.15, 0.2) is 0 Å². The Bertz CT molecular complexity index is 282. The standard InChI is InChI=1S/C14H26N2O3/c1-12(2)19-11-14(17)16-7-5-15(6-8-16)10-13-4-3-9-18-13/h12-13H,3-11H2,1-2H3. The van der Waals surface area contributed by atoms with E-state index < -0.39 is 0 Å². The summed E-state index contributed by atoms with van der Waals surface area (Å²) in [5.74, 6) is 0.116. The third-order valence-corrected chi connectivity index (χ3v) is 3.75. The first kappa shape index (κ1) is 14.8. The highest BCUT2D eigenvalue weighted by Crippen LogP contribution is 2.14. The van der Waals surface area contributed by atoms with Crippen LogP contribution < -0.4 is 0 Å². The highest BCUT2D eigenvalue weighted by molar-refractivity contribution is 5.77. The van der Waals surface area contributed by atoms with E-state index in [2.05, 4.69) is 4.90 Å². The molecule has 2 aliphatic heterocycles. The lowest BCUT2D eigenvalue weighted by Crippen LogP contribution is -2.51. The number of ether oxygens (including phenoxy) is 2. The zero-order valence-corrected chi connectivity index (χ0v) is 12.1. The third kappa shape index (κ3) is 4.75. The van der Waals surface area contributed by atoms with Gasteiger partial charge >= 0.3 is 0 Å². The maximum atomic E-state index is 11.9. The number of carbonyl (C=O) groups is 1. The van der Waals surface area contributed by atoms with Crippen molar-refractivity contribution in [2.45, 2.75) is 38.9 Å².